The van der Waals surface area contributed by atoms with Crippen LogP contribution in [0.5, 0.6) is 0 Å². The van der Waals surface area contributed by atoms with E-state index in [0.29, 0.717) is 19.5 Å². The predicted octanol–water partition coefficient (Wildman–Crippen LogP) is 0.689. The molecule has 0 atom stereocenters. The van der Waals surface area contributed by atoms with Gasteiger partial charge >= 0.3 is 0 Å². The fraction of sp³-hybridized carbons (Fsp3) is 0.333. The Bertz CT molecular complexity index is 419. The zero-order chi connectivity index (χ0) is 11.4. The topological polar surface area (TPSA) is 56.1 Å². The summed E-state index contributed by atoms with van der Waals surface area (Å²) in [6.45, 7) is 1.94. The molecule has 1 heterocycles. The Kier molecular flexibility index (Phi) is 3.06. The van der Waals surface area contributed by atoms with Gasteiger partial charge in [-0.2, -0.15) is 5.26 Å². The second kappa shape index (κ2) is 4.67. The van der Waals surface area contributed by atoms with E-state index >= 15 is 0 Å². The molecule has 1 amide bonds. The average molecular weight is 215 g/mol. The summed E-state index contributed by atoms with van der Waals surface area (Å²) in [6, 6.07) is 9.91. The smallest absolute Gasteiger partial charge is 0.239 e. The summed E-state index contributed by atoms with van der Waals surface area (Å²) in [5.41, 5.74) is 2.05. The number of nitrogens with one attached hydrogen (secondary N) is 1. The van der Waals surface area contributed by atoms with Crippen LogP contribution in [0.15, 0.2) is 24.3 Å². The lowest BCUT2D eigenvalue weighted by Crippen LogP contribution is -2.47. The largest absolute Gasteiger partial charge is 0.360 e. The molecular weight excluding hydrogens is 202 g/mol. The molecule has 1 N–H and O–H groups in total. The predicted molar refractivity (Wildman–Crippen MR) is 61.0 cm³/mol. The number of hydrogen-bond donors (Lipinski definition) is 1. The van der Waals surface area contributed by atoms with Crippen molar-refractivity contribution in [3.63, 3.8) is 0 Å². The zero-order valence-electron chi connectivity index (χ0n) is 8.94. The Labute approximate surface area is 94.5 Å². The lowest BCUT2D eigenvalue weighted by Gasteiger charge is -2.28. The molecule has 0 bridgehead atoms. The molecule has 1 aromatic rings. The van der Waals surface area contributed by atoms with Gasteiger partial charge in [0.15, 0.2) is 0 Å². The van der Waals surface area contributed by atoms with E-state index in [0.717, 1.165) is 17.8 Å². The number of nitriles is 1. The summed E-state index contributed by atoms with van der Waals surface area (Å²) >= 11 is 0. The standard InChI is InChI=1S/C12H13N3O/c13-6-5-10-1-3-11(4-2-10)15-8-7-14-12(16)9-15/h1-4H,5,7-9H2,(H,14,16). The maximum Gasteiger partial charge on any atom is 0.239 e. The zero-order valence-corrected chi connectivity index (χ0v) is 8.94. The van der Waals surface area contributed by atoms with E-state index in [2.05, 4.69) is 11.4 Å². The van der Waals surface area contributed by atoms with Crippen molar-refractivity contribution in [1.82, 2.24) is 5.32 Å². The number of hydrogen-bond acceptors (Lipinski definition) is 3. The first-order valence-corrected chi connectivity index (χ1v) is 5.27. The molecular formula is C12H13N3O. The maximum atomic E-state index is 11.2. The Morgan fingerprint density at radius 3 is 2.75 bits per heavy atom. The van der Waals surface area contributed by atoms with E-state index < -0.39 is 0 Å². The highest BCUT2D eigenvalue weighted by atomic mass is 16.2. The van der Waals surface area contributed by atoms with Crippen molar-refractivity contribution >= 4 is 11.6 Å². The molecule has 0 aromatic heterocycles. The molecule has 1 aromatic carbocycles. The second-order valence-electron chi connectivity index (χ2n) is 3.77. The summed E-state index contributed by atoms with van der Waals surface area (Å²) in [6.07, 6.45) is 0.431. The first-order chi connectivity index (χ1) is 7.79. The summed E-state index contributed by atoms with van der Waals surface area (Å²) < 4.78 is 0. The molecule has 0 saturated carbocycles. The first kappa shape index (κ1) is 10.5. The van der Waals surface area contributed by atoms with Gasteiger partial charge in [0.05, 0.1) is 19.0 Å². The van der Waals surface area contributed by atoms with Crippen LogP contribution in [0.4, 0.5) is 5.69 Å². The number of carbonyl (C=O) groups is 1. The van der Waals surface area contributed by atoms with Crippen molar-refractivity contribution in [1.29, 1.82) is 5.26 Å². The minimum absolute atomic E-state index is 0.0624. The highest BCUT2D eigenvalue weighted by Crippen LogP contribution is 2.16. The van der Waals surface area contributed by atoms with E-state index in [-0.39, 0.29) is 5.91 Å². The molecule has 1 aliphatic heterocycles. The van der Waals surface area contributed by atoms with Gasteiger partial charge in [-0.05, 0) is 17.7 Å². The van der Waals surface area contributed by atoms with E-state index in [1.807, 2.05) is 29.2 Å². The van der Waals surface area contributed by atoms with Crippen molar-refractivity contribution in [3.05, 3.63) is 29.8 Å². The third-order valence-corrected chi connectivity index (χ3v) is 2.62. The van der Waals surface area contributed by atoms with Gasteiger partial charge in [-0.25, -0.2) is 0 Å². The molecule has 1 aliphatic rings. The summed E-state index contributed by atoms with van der Waals surface area (Å²) in [5, 5.41) is 11.3. The number of benzene rings is 1. The monoisotopic (exact) mass is 215 g/mol. The van der Waals surface area contributed by atoms with E-state index in [4.69, 9.17) is 5.26 Å². The van der Waals surface area contributed by atoms with E-state index in [9.17, 15) is 4.79 Å². The summed E-state index contributed by atoms with van der Waals surface area (Å²) in [5.74, 6) is 0.0624. The lowest BCUT2D eigenvalue weighted by molar-refractivity contribution is -0.120. The van der Waals surface area contributed by atoms with Gasteiger partial charge < -0.3 is 10.2 Å². The molecule has 16 heavy (non-hydrogen) atoms. The summed E-state index contributed by atoms with van der Waals surface area (Å²) in [4.78, 5) is 13.3. The highest BCUT2D eigenvalue weighted by molar-refractivity contribution is 5.82. The number of nitrogens with zero attached hydrogens (tertiary/aromatic N) is 2. The number of amides is 1. The molecule has 4 nitrogen and oxygen atoms in total. The van der Waals surface area contributed by atoms with Gasteiger partial charge in [0, 0.05) is 18.8 Å². The number of anilines is 1. The molecule has 0 spiro atoms. The SMILES string of the molecule is N#CCc1ccc(N2CCNC(=O)C2)cc1. The first-order valence-electron chi connectivity index (χ1n) is 5.27. The maximum absolute atomic E-state index is 11.2. The van der Waals surface area contributed by atoms with Crippen LogP contribution in [-0.4, -0.2) is 25.5 Å². The van der Waals surface area contributed by atoms with Crippen LogP contribution in [0, 0.1) is 11.3 Å². The molecule has 0 radical (unpaired) electrons. The molecule has 0 unspecified atom stereocenters. The third kappa shape index (κ3) is 2.31. The van der Waals surface area contributed by atoms with E-state index in [1.165, 1.54) is 0 Å². The Hall–Kier alpha value is -2.02. The summed E-state index contributed by atoms with van der Waals surface area (Å²) in [7, 11) is 0. The van der Waals surface area contributed by atoms with Crippen molar-refractivity contribution in [2.75, 3.05) is 24.5 Å². The van der Waals surface area contributed by atoms with Crippen LogP contribution in [0.2, 0.25) is 0 Å². The van der Waals surface area contributed by atoms with Crippen LogP contribution in [0.1, 0.15) is 5.56 Å². The minimum Gasteiger partial charge on any atom is -0.360 e. The third-order valence-electron chi connectivity index (χ3n) is 2.62. The van der Waals surface area contributed by atoms with Gasteiger partial charge in [0.25, 0.3) is 0 Å². The van der Waals surface area contributed by atoms with Gasteiger partial charge in [0.1, 0.15) is 0 Å². The van der Waals surface area contributed by atoms with Gasteiger partial charge in [-0.15, -0.1) is 0 Å². The second-order valence-corrected chi connectivity index (χ2v) is 3.77. The van der Waals surface area contributed by atoms with Crippen LogP contribution in [-0.2, 0) is 11.2 Å². The fourth-order valence-electron chi connectivity index (χ4n) is 1.77. The van der Waals surface area contributed by atoms with Crippen molar-refractivity contribution in [2.24, 2.45) is 0 Å². The van der Waals surface area contributed by atoms with Crippen molar-refractivity contribution in [2.45, 2.75) is 6.42 Å². The minimum atomic E-state index is 0.0624. The molecule has 4 heteroatoms. The van der Waals surface area contributed by atoms with Crippen molar-refractivity contribution in [3.8, 4) is 6.07 Å². The Balaban J connectivity index is 2.09. The van der Waals surface area contributed by atoms with Gasteiger partial charge in [-0.3, -0.25) is 4.79 Å². The number of piperazine rings is 1. The average Bonchev–Trinajstić information content (AvgIpc) is 2.30. The van der Waals surface area contributed by atoms with Gasteiger partial charge in [0.2, 0.25) is 5.91 Å². The van der Waals surface area contributed by atoms with Crippen LogP contribution < -0.4 is 10.2 Å². The van der Waals surface area contributed by atoms with Crippen LogP contribution >= 0.6 is 0 Å². The van der Waals surface area contributed by atoms with E-state index in [1.54, 1.807) is 0 Å². The molecule has 0 aliphatic carbocycles. The van der Waals surface area contributed by atoms with Crippen LogP contribution in [0.25, 0.3) is 0 Å². The Morgan fingerprint density at radius 2 is 2.12 bits per heavy atom. The Morgan fingerprint density at radius 1 is 1.38 bits per heavy atom. The molecule has 1 saturated heterocycles. The van der Waals surface area contributed by atoms with Gasteiger partial charge in [-0.1, -0.05) is 12.1 Å². The fourth-order valence-corrected chi connectivity index (χ4v) is 1.77. The van der Waals surface area contributed by atoms with Crippen molar-refractivity contribution < 1.29 is 4.79 Å². The lowest BCUT2D eigenvalue weighted by atomic mass is 10.1. The molecule has 82 valence electrons. The highest BCUT2D eigenvalue weighted by Gasteiger charge is 2.15. The quantitative estimate of drug-likeness (QED) is 0.789. The molecule has 1 fully saturated rings. The normalized spacial score (nSPS) is 15.4. The van der Waals surface area contributed by atoms with Crippen LogP contribution in [0.3, 0.4) is 0 Å². The number of rotatable bonds is 2. The molecule has 2 rings (SSSR count). The number of carbonyl (C=O) groups excluding carboxylic acids is 1.